The molecule has 7 nitrogen and oxygen atoms in total. The van der Waals surface area contributed by atoms with Crippen molar-refractivity contribution in [1.29, 1.82) is 0 Å². The minimum Gasteiger partial charge on any atom is -0.490 e. The van der Waals surface area contributed by atoms with E-state index < -0.39 is 16.0 Å². The van der Waals surface area contributed by atoms with Crippen LogP contribution in [0.25, 0.3) is 0 Å². The molecular formula is C31H34INO6S. The molecule has 2 aromatic rings. The molecule has 0 unspecified atom stereocenters. The highest BCUT2D eigenvalue weighted by Crippen LogP contribution is 2.52. The van der Waals surface area contributed by atoms with E-state index in [-0.39, 0.29) is 45.4 Å². The first-order chi connectivity index (χ1) is 18.7. The fourth-order valence-corrected chi connectivity index (χ4v) is 7.93. The number of nitrogens with one attached hydrogen (secondary N) is 1. The van der Waals surface area contributed by atoms with Crippen molar-refractivity contribution in [3.63, 3.8) is 0 Å². The smallest absolute Gasteiger partial charge is 0.339 e. The number of allylic oxidation sites excluding steroid dienone is 4. The van der Waals surface area contributed by atoms with E-state index in [1.54, 1.807) is 31.2 Å². The molecule has 1 aliphatic heterocycles. The van der Waals surface area contributed by atoms with Gasteiger partial charge in [-0.25, -0.2) is 0 Å². The summed E-state index contributed by atoms with van der Waals surface area (Å²) in [6.45, 7) is 10.4. The topological polar surface area (TPSA) is 98.8 Å². The minimum absolute atomic E-state index is 0.0212. The highest BCUT2D eigenvalue weighted by molar-refractivity contribution is 14.1. The third-order valence-electron chi connectivity index (χ3n) is 7.61. The molecule has 0 amide bonds. The summed E-state index contributed by atoms with van der Waals surface area (Å²) < 4.78 is 38.2. The van der Waals surface area contributed by atoms with E-state index in [0.717, 1.165) is 11.4 Å². The Balaban J connectivity index is 1.67. The average molecular weight is 676 g/mol. The molecule has 5 rings (SSSR count). The first-order valence-corrected chi connectivity index (χ1v) is 16.0. The van der Waals surface area contributed by atoms with Gasteiger partial charge in [0.05, 0.1) is 10.2 Å². The molecule has 0 saturated heterocycles. The second kappa shape index (κ2) is 10.3. The summed E-state index contributed by atoms with van der Waals surface area (Å²) in [7, 11) is -4.12. The second-order valence-corrected chi connectivity index (χ2v) is 15.0. The van der Waals surface area contributed by atoms with E-state index >= 15 is 0 Å². The Hall–Kier alpha value is -2.66. The maximum Gasteiger partial charge on any atom is 0.339 e. The Bertz CT molecular complexity index is 1520. The molecule has 9 heteroatoms. The number of carbonyl (C=O) groups is 2. The van der Waals surface area contributed by atoms with Gasteiger partial charge in [-0.3, -0.25) is 9.59 Å². The summed E-state index contributed by atoms with van der Waals surface area (Å²) in [4.78, 5) is 27.4. The molecule has 1 N–H and O–H groups in total. The van der Waals surface area contributed by atoms with Crippen LogP contribution < -0.4 is 14.2 Å². The lowest BCUT2D eigenvalue weighted by Crippen LogP contribution is -2.42. The van der Waals surface area contributed by atoms with Crippen molar-refractivity contribution in [3.05, 3.63) is 74.1 Å². The molecule has 212 valence electrons. The summed E-state index contributed by atoms with van der Waals surface area (Å²) in [6, 6.07) is 11.5. The highest BCUT2D eigenvalue weighted by atomic mass is 127. The first kappa shape index (κ1) is 28.9. The number of dihydropyridines is 1. The first-order valence-electron chi connectivity index (χ1n) is 13.5. The lowest BCUT2D eigenvalue weighted by Gasteiger charge is -2.44. The van der Waals surface area contributed by atoms with Crippen LogP contribution in [0.15, 0.2) is 69.9 Å². The molecule has 0 atom stereocenters. The maximum absolute atomic E-state index is 13.7. The van der Waals surface area contributed by atoms with Crippen LogP contribution >= 0.6 is 22.6 Å². The van der Waals surface area contributed by atoms with Crippen LogP contribution in [0.4, 0.5) is 0 Å². The van der Waals surface area contributed by atoms with Gasteiger partial charge in [0.1, 0.15) is 4.90 Å². The number of ketones is 2. The van der Waals surface area contributed by atoms with E-state index in [4.69, 9.17) is 8.92 Å². The fraction of sp³-hybridized carbons (Fsp3) is 0.419. The Morgan fingerprint density at radius 1 is 0.900 bits per heavy atom. The Morgan fingerprint density at radius 3 is 1.98 bits per heavy atom. The van der Waals surface area contributed by atoms with Gasteiger partial charge in [-0.2, -0.15) is 8.42 Å². The predicted octanol–water partition coefficient (Wildman–Crippen LogP) is 6.43. The molecule has 0 aromatic heterocycles. The summed E-state index contributed by atoms with van der Waals surface area (Å²) in [6.07, 6.45) is 2.17. The summed E-state index contributed by atoms with van der Waals surface area (Å²) in [5, 5.41) is 3.52. The van der Waals surface area contributed by atoms with E-state index in [9.17, 15) is 18.0 Å². The molecule has 0 bridgehead atoms. The maximum atomic E-state index is 13.7. The van der Waals surface area contributed by atoms with Crippen LogP contribution in [-0.2, 0) is 19.7 Å². The van der Waals surface area contributed by atoms with E-state index in [0.29, 0.717) is 46.0 Å². The van der Waals surface area contributed by atoms with Gasteiger partial charge in [-0.05, 0) is 83.0 Å². The normalized spacial score (nSPS) is 20.6. The Kier molecular flexibility index (Phi) is 7.44. The van der Waals surface area contributed by atoms with Crippen LogP contribution in [0.1, 0.15) is 71.8 Å². The van der Waals surface area contributed by atoms with Crippen molar-refractivity contribution >= 4 is 44.3 Å². The van der Waals surface area contributed by atoms with E-state index in [1.165, 1.54) is 12.1 Å². The van der Waals surface area contributed by atoms with Gasteiger partial charge in [0.15, 0.2) is 23.1 Å². The quantitative estimate of drug-likeness (QED) is 0.279. The average Bonchev–Trinajstić information content (AvgIpc) is 2.84. The van der Waals surface area contributed by atoms with E-state index in [1.807, 2.05) is 28.7 Å². The lowest BCUT2D eigenvalue weighted by molar-refractivity contribution is -0.119. The van der Waals surface area contributed by atoms with Gasteiger partial charge < -0.3 is 14.2 Å². The predicted molar refractivity (Wildman–Crippen MR) is 161 cm³/mol. The summed E-state index contributed by atoms with van der Waals surface area (Å²) in [5.74, 6) is -0.190. The number of ether oxygens (including phenoxy) is 1. The number of Topliss-reactive ketones (excluding diaryl/α,β-unsaturated/α-hetero) is 2. The van der Waals surface area contributed by atoms with Gasteiger partial charge in [-0.15, -0.1) is 0 Å². The number of hydrogen-bond donors (Lipinski definition) is 1. The third-order valence-corrected chi connectivity index (χ3v) is 9.65. The Labute approximate surface area is 249 Å². The second-order valence-electron chi connectivity index (χ2n) is 12.3. The standard InChI is InChI=1S/C31H34INO6S/c1-6-38-25-13-18(12-20(32)29(25)39-40(36,37)19-10-8-7-9-11-19)26-27-21(14-30(2,3)16-23(27)34)33-22-15-31(4,5)17-24(35)28(22)26/h7-13,26,33H,6,14-17H2,1-5H3. The van der Waals surface area contributed by atoms with Crippen molar-refractivity contribution in [1.82, 2.24) is 5.32 Å². The molecule has 2 aromatic carbocycles. The van der Waals surface area contributed by atoms with Gasteiger partial charge in [0.25, 0.3) is 0 Å². The van der Waals surface area contributed by atoms with Crippen LogP contribution in [0, 0.1) is 14.4 Å². The molecular weight excluding hydrogens is 641 g/mol. The molecule has 0 radical (unpaired) electrons. The van der Waals surface area contributed by atoms with Crippen LogP contribution in [0.2, 0.25) is 0 Å². The van der Waals surface area contributed by atoms with Crippen molar-refractivity contribution < 1.29 is 26.9 Å². The van der Waals surface area contributed by atoms with Crippen molar-refractivity contribution in [2.24, 2.45) is 10.8 Å². The molecule has 0 saturated carbocycles. The number of carbonyl (C=O) groups excluding carboxylic acids is 2. The monoisotopic (exact) mass is 675 g/mol. The van der Waals surface area contributed by atoms with Crippen LogP contribution in [-0.4, -0.2) is 26.6 Å². The van der Waals surface area contributed by atoms with Gasteiger partial charge >= 0.3 is 10.1 Å². The van der Waals surface area contributed by atoms with E-state index in [2.05, 4.69) is 33.0 Å². The molecule has 40 heavy (non-hydrogen) atoms. The van der Waals surface area contributed by atoms with Crippen LogP contribution in [0.5, 0.6) is 11.5 Å². The minimum atomic E-state index is -4.12. The van der Waals surface area contributed by atoms with Crippen molar-refractivity contribution in [3.8, 4) is 11.5 Å². The zero-order chi connectivity index (χ0) is 29.0. The fourth-order valence-electron chi connectivity index (χ4n) is 6.07. The number of hydrogen-bond acceptors (Lipinski definition) is 7. The largest absolute Gasteiger partial charge is 0.490 e. The molecule has 3 aliphatic rings. The van der Waals surface area contributed by atoms with Crippen molar-refractivity contribution in [2.45, 2.75) is 71.1 Å². The highest BCUT2D eigenvalue weighted by Gasteiger charge is 2.46. The number of halogens is 1. The van der Waals surface area contributed by atoms with Gasteiger partial charge in [0.2, 0.25) is 0 Å². The van der Waals surface area contributed by atoms with Crippen molar-refractivity contribution in [2.75, 3.05) is 6.61 Å². The molecule has 2 aliphatic carbocycles. The molecule has 0 spiro atoms. The molecule has 0 fully saturated rings. The number of rotatable bonds is 6. The SMILES string of the molecule is CCOc1cc(C2C3=C(CC(C)(C)CC3=O)NC3=C2C(=O)CC(C)(C)C3)cc(I)c1OS(=O)(=O)c1ccccc1. The Morgan fingerprint density at radius 2 is 1.45 bits per heavy atom. The van der Waals surface area contributed by atoms with Crippen LogP contribution in [0.3, 0.4) is 0 Å². The lowest BCUT2D eigenvalue weighted by atomic mass is 9.64. The molecule has 1 heterocycles. The van der Waals surface area contributed by atoms with Gasteiger partial charge in [0, 0.05) is 41.3 Å². The zero-order valence-electron chi connectivity index (χ0n) is 23.4. The summed E-state index contributed by atoms with van der Waals surface area (Å²) in [5.41, 5.74) is 3.29. The number of benzene rings is 2. The summed E-state index contributed by atoms with van der Waals surface area (Å²) >= 11 is 2.04. The third kappa shape index (κ3) is 5.46. The zero-order valence-corrected chi connectivity index (χ0v) is 26.4. The van der Waals surface area contributed by atoms with Gasteiger partial charge in [-0.1, -0.05) is 45.9 Å².